The molecule has 1 fully saturated rings. The van der Waals surface area contributed by atoms with Crippen LogP contribution >= 0.6 is 0 Å². The molecule has 0 radical (unpaired) electrons. The van der Waals surface area contributed by atoms with Gasteiger partial charge in [-0.3, -0.25) is 4.79 Å². The zero-order chi connectivity index (χ0) is 24.0. The summed E-state index contributed by atoms with van der Waals surface area (Å²) in [5, 5.41) is 60.1. The van der Waals surface area contributed by atoms with Gasteiger partial charge in [0.25, 0.3) is 0 Å². The maximum atomic E-state index is 13.3. The van der Waals surface area contributed by atoms with E-state index in [2.05, 4.69) is 0 Å². The second-order valence-corrected chi connectivity index (χ2v) is 7.64. The lowest BCUT2D eigenvalue weighted by Crippen LogP contribution is -2.59. The molecule has 1 aromatic heterocycles. The van der Waals surface area contributed by atoms with E-state index in [1.807, 2.05) is 0 Å². The summed E-state index contributed by atoms with van der Waals surface area (Å²) < 4.78 is 22.1. The lowest BCUT2D eigenvalue weighted by atomic mass is 9.99. The molecule has 1 aliphatic rings. The molecule has 33 heavy (non-hydrogen) atoms. The van der Waals surface area contributed by atoms with Gasteiger partial charge in [-0.2, -0.15) is 0 Å². The number of methoxy groups -OCH3 is 1. The monoisotopic (exact) mass is 462 g/mol. The minimum atomic E-state index is -1.51. The van der Waals surface area contributed by atoms with Gasteiger partial charge in [0.15, 0.2) is 17.3 Å². The van der Waals surface area contributed by atoms with Crippen LogP contribution in [0.15, 0.2) is 39.5 Å². The quantitative estimate of drug-likeness (QED) is 0.306. The van der Waals surface area contributed by atoms with Crippen LogP contribution in [0.1, 0.15) is 6.92 Å². The summed E-state index contributed by atoms with van der Waals surface area (Å²) in [7, 11) is 1.28. The second-order valence-electron chi connectivity index (χ2n) is 7.64. The van der Waals surface area contributed by atoms with E-state index in [9.17, 15) is 35.4 Å². The van der Waals surface area contributed by atoms with Gasteiger partial charge in [0, 0.05) is 24.8 Å². The molecule has 1 aliphatic heterocycles. The number of phenols is 4. The molecule has 0 bridgehead atoms. The van der Waals surface area contributed by atoms with Crippen LogP contribution in [0, 0.1) is 0 Å². The van der Waals surface area contributed by atoms with Gasteiger partial charge in [0.2, 0.25) is 17.5 Å². The smallest absolute Gasteiger partial charge is 0.239 e. The molecule has 11 nitrogen and oxygen atoms in total. The molecule has 5 atom stereocenters. The fourth-order valence-electron chi connectivity index (χ4n) is 3.72. The van der Waals surface area contributed by atoms with Crippen molar-refractivity contribution < 1.29 is 49.3 Å². The fraction of sp³-hybridized carbons (Fsp3) is 0.318. The van der Waals surface area contributed by atoms with E-state index in [4.69, 9.17) is 18.6 Å². The molecule has 2 heterocycles. The number of aliphatic hydroxyl groups excluding tert-OH is 2. The number of rotatable bonds is 4. The first-order chi connectivity index (χ1) is 15.6. The molecule has 4 rings (SSSR count). The molecule has 1 saturated heterocycles. The molecule has 11 heteroatoms. The number of phenolic OH excluding ortho intramolecular Hbond substituents is 4. The molecule has 6 N–H and O–H groups in total. The second kappa shape index (κ2) is 8.45. The molecule has 0 amide bonds. The van der Waals surface area contributed by atoms with Crippen LogP contribution in [0.2, 0.25) is 0 Å². The van der Waals surface area contributed by atoms with Crippen molar-refractivity contribution in [2.75, 3.05) is 7.11 Å². The molecule has 0 unspecified atom stereocenters. The molecule has 0 aliphatic carbocycles. The van der Waals surface area contributed by atoms with Gasteiger partial charge in [-0.15, -0.1) is 0 Å². The normalized spacial score (nSPS) is 25.3. The Morgan fingerprint density at radius 3 is 2.33 bits per heavy atom. The van der Waals surface area contributed by atoms with E-state index in [1.54, 1.807) is 0 Å². The highest BCUT2D eigenvalue weighted by atomic mass is 16.7. The van der Waals surface area contributed by atoms with Crippen LogP contribution in [-0.4, -0.2) is 68.5 Å². The standard InChI is InChI=1S/C22H22O11/c1-8-16(27)20(30-2)18(29)22(31-8)33-21-17(28)15-13(26)6-10(23)7-14(15)32-19(21)9-3-4-11(24)12(25)5-9/h3-8,16,18,20,22-27,29H,1-2H3/t8-,16-,18+,20+,22-/m0/s1. The van der Waals surface area contributed by atoms with Crippen molar-refractivity contribution in [2.45, 2.75) is 37.6 Å². The van der Waals surface area contributed by atoms with Crippen molar-refractivity contribution in [3.05, 3.63) is 40.6 Å². The van der Waals surface area contributed by atoms with E-state index in [-0.39, 0.29) is 28.0 Å². The molecular formula is C22H22O11. The lowest BCUT2D eigenvalue weighted by molar-refractivity contribution is -0.273. The van der Waals surface area contributed by atoms with E-state index >= 15 is 0 Å². The number of aliphatic hydroxyl groups is 2. The third-order valence-electron chi connectivity index (χ3n) is 5.44. The SMILES string of the molecule is CO[C@@H]1[C@@H](O)[C@H](C)O[C@@H](Oc2c(-c3ccc(O)c(O)c3)oc3cc(O)cc(O)c3c2=O)[C@@H]1O. The fourth-order valence-corrected chi connectivity index (χ4v) is 3.72. The van der Waals surface area contributed by atoms with Crippen molar-refractivity contribution in [1.29, 1.82) is 0 Å². The van der Waals surface area contributed by atoms with Crippen LogP contribution in [0.3, 0.4) is 0 Å². The maximum absolute atomic E-state index is 13.3. The van der Waals surface area contributed by atoms with Gasteiger partial charge >= 0.3 is 0 Å². The Bertz CT molecular complexity index is 1250. The predicted molar refractivity (Wildman–Crippen MR) is 112 cm³/mol. The average Bonchev–Trinajstić information content (AvgIpc) is 2.75. The largest absolute Gasteiger partial charge is 0.508 e. The summed E-state index contributed by atoms with van der Waals surface area (Å²) in [4.78, 5) is 13.3. The highest BCUT2D eigenvalue weighted by Gasteiger charge is 2.45. The number of benzene rings is 2. The van der Waals surface area contributed by atoms with Crippen LogP contribution < -0.4 is 10.2 Å². The third kappa shape index (κ3) is 3.91. The highest BCUT2D eigenvalue weighted by Crippen LogP contribution is 2.39. The summed E-state index contributed by atoms with van der Waals surface area (Å²) in [6.45, 7) is 1.52. The highest BCUT2D eigenvalue weighted by molar-refractivity contribution is 5.88. The predicted octanol–water partition coefficient (Wildman–Crippen LogP) is 1.14. The summed E-state index contributed by atoms with van der Waals surface area (Å²) >= 11 is 0. The first kappa shape index (κ1) is 22.7. The number of aromatic hydroxyl groups is 4. The van der Waals surface area contributed by atoms with Gasteiger partial charge in [-0.05, 0) is 25.1 Å². The van der Waals surface area contributed by atoms with Crippen LogP contribution in [0.4, 0.5) is 0 Å². The van der Waals surface area contributed by atoms with Gasteiger partial charge in [0.1, 0.15) is 40.8 Å². The topological polar surface area (TPSA) is 179 Å². The van der Waals surface area contributed by atoms with Crippen molar-refractivity contribution in [3.63, 3.8) is 0 Å². The maximum Gasteiger partial charge on any atom is 0.239 e. The van der Waals surface area contributed by atoms with Crippen molar-refractivity contribution in [2.24, 2.45) is 0 Å². The number of ether oxygens (including phenoxy) is 3. The van der Waals surface area contributed by atoms with Crippen LogP contribution in [0.5, 0.6) is 28.7 Å². The molecule has 3 aromatic rings. The van der Waals surface area contributed by atoms with E-state index in [0.29, 0.717) is 0 Å². The van der Waals surface area contributed by atoms with Crippen molar-refractivity contribution in [1.82, 2.24) is 0 Å². The van der Waals surface area contributed by atoms with E-state index in [1.165, 1.54) is 20.1 Å². The Hall–Kier alpha value is -3.51. The van der Waals surface area contributed by atoms with Crippen molar-refractivity contribution in [3.8, 4) is 40.1 Å². The van der Waals surface area contributed by atoms with Gasteiger partial charge in [-0.25, -0.2) is 0 Å². The molecular weight excluding hydrogens is 440 g/mol. The Morgan fingerprint density at radius 1 is 0.939 bits per heavy atom. The van der Waals surface area contributed by atoms with Gasteiger partial charge < -0.3 is 49.3 Å². The Kier molecular flexibility index (Phi) is 5.80. The Labute approximate surface area is 186 Å². The van der Waals surface area contributed by atoms with E-state index < -0.39 is 59.1 Å². The van der Waals surface area contributed by atoms with Crippen molar-refractivity contribution >= 4 is 11.0 Å². The first-order valence-electron chi connectivity index (χ1n) is 9.88. The van der Waals surface area contributed by atoms with E-state index in [0.717, 1.165) is 24.3 Å². The number of hydrogen-bond acceptors (Lipinski definition) is 11. The van der Waals surface area contributed by atoms with Gasteiger partial charge in [0.05, 0.1) is 6.10 Å². The lowest BCUT2D eigenvalue weighted by Gasteiger charge is -2.40. The molecule has 0 spiro atoms. The summed E-state index contributed by atoms with van der Waals surface area (Å²) in [5.41, 5.74) is -0.945. The minimum Gasteiger partial charge on any atom is -0.508 e. The van der Waals surface area contributed by atoms with Crippen LogP contribution in [-0.2, 0) is 9.47 Å². The third-order valence-corrected chi connectivity index (χ3v) is 5.44. The molecule has 0 saturated carbocycles. The first-order valence-corrected chi connectivity index (χ1v) is 9.88. The average molecular weight is 462 g/mol. The summed E-state index contributed by atoms with van der Waals surface area (Å²) in [6, 6.07) is 5.65. The zero-order valence-electron chi connectivity index (χ0n) is 17.5. The Balaban J connectivity index is 1.91. The number of fused-ring (bicyclic) bond motifs is 1. The zero-order valence-corrected chi connectivity index (χ0v) is 17.5. The van der Waals surface area contributed by atoms with Crippen LogP contribution in [0.25, 0.3) is 22.3 Å². The summed E-state index contributed by atoms with van der Waals surface area (Å²) in [5.74, 6) is -2.60. The molecule has 176 valence electrons. The Morgan fingerprint density at radius 2 is 1.67 bits per heavy atom. The van der Waals surface area contributed by atoms with Gasteiger partial charge in [-0.1, -0.05) is 0 Å². The summed E-state index contributed by atoms with van der Waals surface area (Å²) in [6.07, 6.45) is -6.07. The number of hydrogen-bond donors (Lipinski definition) is 6. The minimum absolute atomic E-state index is 0.101. The molecule has 2 aromatic carbocycles.